The van der Waals surface area contributed by atoms with E-state index in [9.17, 15) is 14.4 Å². The van der Waals surface area contributed by atoms with E-state index < -0.39 is 6.04 Å². The molecule has 1 aromatic rings. The number of amides is 3. The van der Waals surface area contributed by atoms with Crippen LogP contribution in [0.25, 0.3) is 0 Å². The number of anilines is 1. The Morgan fingerprint density at radius 1 is 1.19 bits per heavy atom. The first-order valence-electron chi connectivity index (χ1n) is 9.43. The Kier molecular flexibility index (Phi) is 7.20. The molecule has 9 heteroatoms. The van der Waals surface area contributed by atoms with Crippen LogP contribution < -0.4 is 5.32 Å². The first kappa shape index (κ1) is 20.7. The molecule has 0 radical (unpaired) electrons. The molecule has 3 amide bonds. The number of hydrogen-bond donors (Lipinski definition) is 1. The van der Waals surface area contributed by atoms with Crippen molar-refractivity contribution in [2.75, 3.05) is 38.1 Å². The molecule has 1 unspecified atom stereocenters. The Bertz CT molecular complexity index is 679. The van der Waals surface area contributed by atoms with Gasteiger partial charge >= 0.3 is 6.09 Å². The first-order chi connectivity index (χ1) is 12.9. The number of carbonyl (C=O) groups excluding carboxylic acids is 3. The van der Waals surface area contributed by atoms with Gasteiger partial charge in [0.15, 0.2) is 0 Å². The summed E-state index contributed by atoms with van der Waals surface area (Å²) in [5.74, 6) is -0.123. The van der Waals surface area contributed by atoms with Gasteiger partial charge in [0.1, 0.15) is 6.04 Å². The summed E-state index contributed by atoms with van der Waals surface area (Å²) < 4.78 is 6.57. The van der Waals surface area contributed by atoms with Crippen LogP contribution in [-0.4, -0.2) is 70.3 Å². The number of carbonyl (C=O) groups is 3. The highest BCUT2D eigenvalue weighted by Crippen LogP contribution is 2.19. The minimum atomic E-state index is -0.491. The summed E-state index contributed by atoms with van der Waals surface area (Å²) in [5, 5.41) is 7.21. The van der Waals surface area contributed by atoms with Crippen molar-refractivity contribution in [1.82, 2.24) is 19.6 Å². The molecule has 1 atom stereocenters. The minimum Gasteiger partial charge on any atom is -0.450 e. The van der Waals surface area contributed by atoms with Crippen molar-refractivity contribution < 1.29 is 19.1 Å². The molecular formula is C18H29N5O4. The van der Waals surface area contributed by atoms with Crippen molar-refractivity contribution in [3.8, 4) is 0 Å². The van der Waals surface area contributed by atoms with Gasteiger partial charge in [-0.2, -0.15) is 5.10 Å². The van der Waals surface area contributed by atoms with Gasteiger partial charge in [0, 0.05) is 38.8 Å². The van der Waals surface area contributed by atoms with E-state index in [1.165, 1.54) is 0 Å². The monoisotopic (exact) mass is 379 g/mol. The van der Waals surface area contributed by atoms with Crippen molar-refractivity contribution in [1.29, 1.82) is 0 Å². The summed E-state index contributed by atoms with van der Waals surface area (Å²) >= 11 is 0. The number of aromatic nitrogens is 2. The third kappa shape index (κ3) is 5.21. The van der Waals surface area contributed by atoms with Crippen molar-refractivity contribution in [2.45, 2.75) is 46.6 Å². The molecule has 9 nitrogen and oxygen atoms in total. The van der Waals surface area contributed by atoms with Gasteiger partial charge in [-0.1, -0.05) is 6.92 Å². The Morgan fingerprint density at radius 2 is 1.81 bits per heavy atom. The van der Waals surface area contributed by atoms with Crippen LogP contribution in [0.5, 0.6) is 0 Å². The molecule has 27 heavy (non-hydrogen) atoms. The second kappa shape index (κ2) is 9.38. The van der Waals surface area contributed by atoms with Gasteiger partial charge in [0.2, 0.25) is 11.8 Å². The normalized spacial score (nSPS) is 15.4. The predicted molar refractivity (Wildman–Crippen MR) is 100 cm³/mol. The lowest BCUT2D eigenvalue weighted by Gasteiger charge is -2.35. The van der Waals surface area contributed by atoms with E-state index in [2.05, 4.69) is 10.4 Å². The van der Waals surface area contributed by atoms with E-state index in [1.807, 2.05) is 6.92 Å². The van der Waals surface area contributed by atoms with Crippen LogP contribution in [0.3, 0.4) is 0 Å². The number of nitrogens with one attached hydrogen (secondary N) is 1. The molecule has 0 bridgehead atoms. The lowest BCUT2D eigenvalue weighted by molar-refractivity contribution is -0.136. The van der Waals surface area contributed by atoms with Gasteiger partial charge in [0.25, 0.3) is 0 Å². The number of piperazine rings is 1. The van der Waals surface area contributed by atoms with E-state index in [-0.39, 0.29) is 17.9 Å². The average Bonchev–Trinajstić information content (AvgIpc) is 3.01. The molecule has 1 aliphatic heterocycles. The lowest BCUT2D eigenvalue weighted by atomic mass is 10.2. The summed E-state index contributed by atoms with van der Waals surface area (Å²) in [6, 6.07) is -0.491. The van der Waals surface area contributed by atoms with Crippen LogP contribution >= 0.6 is 0 Å². The maximum Gasteiger partial charge on any atom is 0.409 e. The molecular weight excluding hydrogens is 350 g/mol. The fourth-order valence-electron chi connectivity index (χ4n) is 2.94. The zero-order valence-corrected chi connectivity index (χ0v) is 16.5. The lowest BCUT2D eigenvalue weighted by Crippen LogP contribution is -2.52. The fraction of sp³-hybridized carbons (Fsp3) is 0.667. The fourth-order valence-corrected chi connectivity index (χ4v) is 2.94. The molecule has 1 fully saturated rings. The summed E-state index contributed by atoms with van der Waals surface area (Å²) in [7, 11) is 0. The minimum absolute atomic E-state index is 0.0609. The number of nitrogens with zero attached hydrogens (tertiary/aromatic N) is 4. The molecule has 1 N–H and O–H groups in total. The van der Waals surface area contributed by atoms with E-state index in [4.69, 9.17) is 4.74 Å². The van der Waals surface area contributed by atoms with Crippen molar-refractivity contribution >= 4 is 23.6 Å². The number of hydrogen-bond acceptors (Lipinski definition) is 5. The van der Waals surface area contributed by atoms with Gasteiger partial charge < -0.3 is 19.9 Å². The Labute approximate surface area is 159 Å². The molecule has 2 rings (SSSR count). The maximum atomic E-state index is 12.8. The smallest absolute Gasteiger partial charge is 0.409 e. The Morgan fingerprint density at radius 3 is 2.41 bits per heavy atom. The van der Waals surface area contributed by atoms with Gasteiger partial charge in [-0.15, -0.1) is 0 Å². The molecule has 0 saturated carbocycles. The van der Waals surface area contributed by atoms with Crippen molar-refractivity contribution in [2.24, 2.45) is 0 Å². The predicted octanol–water partition coefficient (Wildman–Crippen LogP) is 1.79. The van der Waals surface area contributed by atoms with Crippen molar-refractivity contribution in [3.63, 3.8) is 0 Å². The third-order valence-corrected chi connectivity index (χ3v) is 4.54. The second-order valence-electron chi connectivity index (χ2n) is 6.59. The van der Waals surface area contributed by atoms with Gasteiger partial charge in [0.05, 0.1) is 18.0 Å². The first-order valence-corrected chi connectivity index (χ1v) is 9.43. The van der Waals surface area contributed by atoms with Crippen LogP contribution in [0.2, 0.25) is 0 Å². The summed E-state index contributed by atoms with van der Waals surface area (Å²) in [6.07, 6.45) is 2.57. The van der Waals surface area contributed by atoms with Crippen LogP contribution in [-0.2, 0) is 14.3 Å². The zero-order chi connectivity index (χ0) is 20.0. The van der Waals surface area contributed by atoms with Crippen LogP contribution in [0.15, 0.2) is 6.20 Å². The number of aryl methyl sites for hydroxylation is 1. The highest BCUT2D eigenvalue weighted by molar-refractivity contribution is 5.91. The number of ether oxygens (including phenoxy) is 1. The molecule has 1 aromatic heterocycles. The van der Waals surface area contributed by atoms with Crippen LogP contribution in [0.1, 0.15) is 45.3 Å². The molecule has 0 spiro atoms. The Balaban J connectivity index is 1.96. The maximum absolute atomic E-state index is 12.8. The van der Waals surface area contributed by atoms with Crippen LogP contribution in [0, 0.1) is 6.92 Å². The molecule has 0 aromatic carbocycles. The zero-order valence-electron chi connectivity index (χ0n) is 16.5. The largest absolute Gasteiger partial charge is 0.450 e. The highest BCUT2D eigenvalue weighted by atomic mass is 16.6. The highest BCUT2D eigenvalue weighted by Gasteiger charge is 2.28. The summed E-state index contributed by atoms with van der Waals surface area (Å²) in [4.78, 5) is 39.7. The average molecular weight is 379 g/mol. The second-order valence-corrected chi connectivity index (χ2v) is 6.59. The number of rotatable bonds is 6. The van der Waals surface area contributed by atoms with Crippen molar-refractivity contribution in [3.05, 3.63) is 11.9 Å². The van der Waals surface area contributed by atoms with Gasteiger partial charge in [-0.3, -0.25) is 14.3 Å². The van der Waals surface area contributed by atoms with E-state index in [0.29, 0.717) is 50.6 Å². The van der Waals surface area contributed by atoms with E-state index in [1.54, 1.807) is 41.4 Å². The van der Waals surface area contributed by atoms with E-state index >= 15 is 0 Å². The molecule has 1 aliphatic rings. The van der Waals surface area contributed by atoms with E-state index in [0.717, 1.165) is 6.42 Å². The van der Waals surface area contributed by atoms with Gasteiger partial charge in [-0.05, 0) is 27.2 Å². The molecule has 150 valence electrons. The molecule has 0 aliphatic carbocycles. The standard InChI is InChI=1S/C18H29N5O4/c1-5-7-16(24)19-15-12-23(20-13(15)3)14(4)17(25)21-8-10-22(11-9-21)18(26)27-6-2/h12,14H,5-11H2,1-4H3,(H,19,24). The van der Waals surface area contributed by atoms with Gasteiger partial charge in [-0.25, -0.2) is 4.79 Å². The third-order valence-electron chi connectivity index (χ3n) is 4.54. The quantitative estimate of drug-likeness (QED) is 0.813. The summed E-state index contributed by atoms with van der Waals surface area (Å²) in [6.45, 7) is 9.46. The topological polar surface area (TPSA) is 96.8 Å². The van der Waals surface area contributed by atoms with Crippen LogP contribution in [0.4, 0.5) is 10.5 Å². The summed E-state index contributed by atoms with van der Waals surface area (Å²) in [5.41, 5.74) is 1.30. The SMILES string of the molecule is CCCC(=O)Nc1cn(C(C)C(=O)N2CCN(C(=O)OCC)CC2)nc1C. The Hall–Kier alpha value is -2.58. The molecule has 2 heterocycles. The molecule has 1 saturated heterocycles.